The van der Waals surface area contributed by atoms with Crippen LogP contribution in [0.5, 0.6) is 0 Å². The first-order valence-electron chi connectivity index (χ1n) is 5.60. The number of rotatable bonds is 6. The summed E-state index contributed by atoms with van der Waals surface area (Å²) in [7, 11) is 0. The smallest absolute Gasteiger partial charge is 0.316 e. The molecule has 0 aliphatic carbocycles. The molecule has 0 bridgehead atoms. The first kappa shape index (κ1) is 13.7. The summed E-state index contributed by atoms with van der Waals surface area (Å²) in [6.45, 7) is 1.33. The summed E-state index contributed by atoms with van der Waals surface area (Å²) < 4.78 is 48.6. The molecule has 0 aromatic rings. The summed E-state index contributed by atoms with van der Waals surface area (Å²) in [5, 5.41) is 5.61. The van der Waals surface area contributed by atoms with Crippen molar-refractivity contribution in [3.63, 3.8) is 0 Å². The van der Waals surface area contributed by atoms with Gasteiger partial charge in [-0.25, -0.2) is 8.78 Å². The molecule has 16 heavy (non-hydrogen) atoms. The van der Waals surface area contributed by atoms with Crippen molar-refractivity contribution in [2.24, 2.45) is 5.92 Å². The van der Waals surface area contributed by atoms with E-state index in [0.717, 1.165) is 32.4 Å². The van der Waals surface area contributed by atoms with Crippen LogP contribution in [0, 0.1) is 5.92 Å². The van der Waals surface area contributed by atoms with Crippen LogP contribution in [0.3, 0.4) is 0 Å². The van der Waals surface area contributed by atoms with Gasteiger partial charge in [-0.1, -0.05) is 0 Å². The molecule has 1 rings (SSSR count). The van der Waals surface area contributed by atoms with E-state index in [1.54, 1.807) is 0 Å². The highest BCUT2D eigenvalue weighted by molar-refractivity contribution is 4.74. The Morgan fingerprint density at radius 1 is 1.38 bits per heavy atom. The highest BCUT2D eigenvalue weighted by Gasteiger charge is 2.39. The Morgan fingerprint density at radius 2 is 2.12 bits per heavy atom. The normalized spacial score (nSPS) is 22.7. The molecule has 0 saturated carbocycles. The maximum Gasteiger partial charge on any atom is 0.319 e. The minimum atomic E-state index is -3.91. The molecule has 96 valence electrons. The molecule has 1 unspecified atom stereocenters. The number of hydrogen-bond donors (Lipinski definition) is 2. The van der Waals surface area contributed by atoms with Crippen molar-refractivity contribution in [2.45, 2.75) is 31.6 Å². The van der Waals surface area contributed by atoms with Gasteiger partial charge in [0.25, 0.3) is 0 Å². The van der Waals surface area contributed by atoms with Gasteiger partial charge in [0, 0.05) is 0 Å². The van der Waals surface area contributed by atoms with Crippen molar-refractivity contribution in [2.75, 3.05) is 26.2 Å². The van der Waals surface area contributed by atoms with Gasteiger partial charge in [0.05, 0.1) is 6.54 Å². The molecule has 0 amide bonds. The second-order valence-corrected chi connectivity index (χ2v) is 4.24. The molecule has 2 nitrogen and oxygen atoms in total. The Bertz CT molecular complexity index is 193. The Labute approximate surface area is 92.8 Å². The molecule has 0 aromatic heterocycles. The van der Waals surface area contributed by atoms with E-state index in [-0.39, 0.29) is 0 Å². The summed E-state index contributed by atoms with van der Waals surface area (Å²) >= 11 is 0. The van der Waals surface area contributed by atoms with Crippen LogP contribution in [0.15, 0.2) is 0 Å². The van der Waals surface area contributed by atoms with Crippen LogP contribution in [0.2, 0.25) is 0 Å². The molecule has 1 heterocycles. The molecular weight excluding hydrogens is 224 g/mol. The van der Waals surface area contributed by atoms with Crippen LogP contribution >= 0.6 is 0 Å². The number of hydrogen-bond acceptors (Lipinski definition) is 2. The largest absolute Gasteiger partial charge is 0.319 e. The zero-order chi connectivity index (χ0) is 12.0. The molecule has 2 N–H and O–H groups in total. The van der Waals surface area contributed by atoms with E-state index in [1.807, 2.05) is 0 Å². The molecule has 1 atom stereocenters. The van der Waals surface area contributed by atoms with Gasteiger partial charge in [0.15, 0.2) is 0 Å². The highest BCUT2D eigenvalue weighted by Crippen LogP contribution is 2.21. The number of nitrogens with one attached hydrogen (secondary N) is 2. The maximum atomic E-state index is 12.5. The predicted octanol–water partition coefficient (Wildman–Crippen LogP) is 1.87. The van der Waals surface area contributed by atoms with Crippen LogP contribution in [0.25, 0.3) is 0 Å². The molecule has 1 fully saturated rings. The molecule has 6 heteroatoms. The Kier molecular flexibility index (Phi) is 5.48. The summed E-state index contributed by atoms with van der Waals surface area (Å²) in [5.74, 6) is -3.44. The molecule has 1 aliphatic heterocycles. The Hall–Kier alpha value is -0.360. The summed E-state index contributed by atoms with van der Waals surface area (Å²) in [4.78, 5) is 0. The lowest BCUT2D eigenvalue weighted by Crippen LogP contribution is -2.40. The quantitative estimate of drug-likeness (QED) is 0.549. The van der Waals surface area contributed by atoms with Crippen molar-refractivity contribution >= 4 is 0 Å². The predicted molar refractivity (Wildman–Crippen MR) is 54.0 cm³/mol. The van der Waals surface area contributed by atoms with E-state index in [4.69, 9.17) is 0 Å². The topological polar surface area (TPSA) is 24.1 Å². The lowest BCUT2D eigenvalue weighted by atomic mass is 9.96. The number of piperidine rings is 1. The minimum Gasteiger partial charge on any atom is -0.316 e. The number of halogens is 4. The monoisotopic (exact) mass is 242 g/mol. The van der Waals surface area contributed by atoms with Gasteiger partial charge in [0.2, 0.25) is 0 Å². The van der Waals surface area contributed by atoms with E-state index < -0.39 is 18.9 Å². The van der Waals surface area contributed by atoms with Gasteiger partial charge >= 0.3 is 12.3 Å². The van der Waals surface area contributed by atoms with Crippen LogP contribution < -0.4 is 10.6 Å². The first-order valence-corrected chi connectivity index (χ1v) is 5.60. The molecule has 1 saturated heterocycles. The Balaban J connectivity index is 2.06. The van der Waals surface area contributed by atoms with E-state index in [1.165, 1.54) is 0 Å². The van der Waals surface area contributed by atoms with Crippen LogP contribution in [-0.4, -0.2) is 38.5 Å². The van der Waals surface area contributed by atoms with Gasteiger partial charge in [-0.05, 0) is 44.8 Å². The highest BCUT2D eigenvalue weighted by atomic mass is 19.3. The molecule has 0 aromatic carbocycles. The van der Waals surface area contributed by atoms with Crippen LogP contribution in [-0.2, 0) is 0 Å². The lowest BCUT2D eigenvalue weighted by Gasteiger charge is -2.23. The Morgan fingerprint density at radius 3 is 2.69 bits per heavy atom. The average Bonchev–Trinajstić information content (AvgIpc) is 2.26. The summed E-state index contributed by atoms with van der Waals surface area (Å²) in [5.41, 5.74) is 0. The fraction of sp³-hybridized carbons (Fsp3) is 1.00. The first-order chi connectivity index (χ1) is 7.52. The van der Waals surface area contributed by atoms with Crippen LogP contribution in [0.1, 0.15) is 19.3 Å². The van der Waals surface area contributed by atoms with E-state index in [2.05, 4.69) is 10.6 Å². The van der Waals surface area contributed by atoms with Crippen LogP contribution in [0.4, 0.5) is 17.6 Å². The van der Waals surface area contributed by atoms with Gasteiger partial charge in [-0.15, -0.1) is 0 Å². The third kappa shape index (κ3) is 4.65. The SMILES string of the molecule is FC(F)C(F)(F)CNCCC1CCCNC1. The third-order valence-corrected chi connectivity index (χ3v) is 2.81. The standard InChI is InChI=1S/C10H18F4N2/c11-9(12)10(13,14)7-16-5-3-8-2-1-4-15-6-8/h8-9,15-16H,1-7H2. The summed E-state index contributed by atoms with van der Waals surface area (Å²) in [6, 6.07) is 0. The van der Waals surface area contributed by atoms with Crippen molar-refractivity contribution in [3.8, 4) is 0 Å². The van der Waals surface area contributed by atoms with Gasteiger partial charge in [-0.2, -0.15) is 8.78 Å². The zero-order valence-electron chi connectivity index (χ0n) is 9.12. The van der Waals surface area contributed by atoms with Gasteiger partial charge in [-0.3, -0.25) is 0 Å². The van der Waals surface area contributed by atoms with E-state index in [9.17, 15) is 17.6 Å². The molecule has 0 radical (unpaired) electrons. The lowest BCUT2D eigenvalue weighted by molar-refractivity contribution is -0.125. The number of alkyl halides is 4. The molecule has 0 spiro atoms. The second-order valence-electron chi connectivity index (χ2n) is 4.24. The maximum absolute atomic E-state index is 12.5. The molecule has 1 aliphatic rings. The van der Waals surface area contributed by atoms with Crippen molar-refractivity contribution in [3.05, 3.63) is 0 Å². The summed E-state index contributed by atoms with van der Waals surface area (Å²) in [6.07, 6.45) is -0.652. The van der Waals surface area contributed by atoms with Crippen molar-refractivity contribution in [1.82, 2.24) is 10.6 Å². The van der Waals surface area contributed by atoms with E-state index >= 15 is 0 Å². The minimum absolute atomic E-state index is 0.370. The average molecular weight is 242 g/mol. The van der Waals surface area contributed by atoms with Gasteiger partial charge < -0.3 is 10.6 Å². The van der Waals surface area contributed by atoms with Crippen molar-refractivity contribution < 1.29 is 17.6 Å². The van der Waals surface area contributed by atoms with E-state index in [0.29, 0.717) is 12.5 Å². The molecular formula is C10H18F4N2. The van der Waals surface area contributed by atoms with Gasteiger partial charge in [0.1, 0.15) is 0 Å². The zero-order valence-corrected chi connectivity index (χ0v) is 9.12. The fourth-order valence-corrected chi connectivity index (χ4v) is 1.81. The van der Waals surface area contributed by atoms with Crippen molar-refractivity contribution in [1.29, 1.82) is 0 Å². The fourth-order valence-electron chi connectivity index (χ4n) is 1.81. The second kappa shape index (κ2) is 6.39. The third-order valence-electron chi connectivity index (χ3n) is 2.81.